The van der Waals surface area contributed by atoms with Gasteiger partial charge in [0.1, 0.15) is 12.2 Å². The van der Waals surface area contributed by atoms with Crippen molar-refractivity contribution in [3.05, 3.63) is 29.8 Å². The first-order chi connectivity index (χ1) is 7.27. The standard InChI is InChI=1S/C11H15NO3/c12-10-4-2-1-3-9(10)11(13)7-15-8-5-14-6-8/h1-4,8,11,13H,5-7,12H2. The van der Waals surface area contributed by atoms with Gasteiger partial charge in [0.15, 0.2) is 0 Å². The second kappa shape index (κ2) is 4.61. The number of hydrogen-bond acceptors (Lipinski definition) is 4. The van der Waals surface area contributed by atoms with Gasteiger partial charge in [0.25, 0.3) is 0 Å². The summed E-state index contributed by atoms with van der Waals surface area (Å²) in [7, 11) is 0. The fraction of sp³-hybridized carbons (Fsp3) is 0.455. The maximum Gasteiger partial charge on any atom is 0.104 e. The first-order valence-corrected chi connectivity index (χ1v) is 4.99. The summed E-state index contributed by atoms with van der Waals surface area (Å²) < 4.78 is 10.4. The SMILES string of the molecule is Nc1ccccc1C(O)COC1COC1. The lowest BCUT2D eigenvalue weighted by atomic mass is 10.1. The number of nitrogens with two attached hydrogens (primary N) is 1. The molecule has 4 heteroatoms. The van der Waals surface area contributed by atoms with E-state index in [-0.39, 0.29) is 12.7 Å². The molecule has 0 aliphatic carbocycles. The largest absolute Gasteiger partial charge is 0.398 e. The Labute approximate surface area is 88.6 Å². The minimum absolute atomic E-state index is 0.129. The van der Waals surface area contributed by atoms with Crippen molar-refractivity contribution in [3.8, 4) is 0 Å². The Kier molecular flexibility index (Phi) is 3.20. The van der Waals surface area contributed by atoms with Crippen LogP contribution >= 0.6 is 0 Å². The highest BCUT2D eigenvalue weighted by atomic mass is 16.6. The lowest BCUT2D eigenvalue weighted by Gasteiger charge is -2.27. The van der Waals surface area contributed by atoms with E-state index in [9.17, 15) is 5.11 Å². The van der Waals surface area contributed by atoms with Gasteiger partial charge >= 0.3 is 0 Å². The molecule has 0 amide bonds. The van der Waals surface area contributed by atoms with Crippen molar-refractivity contribution in [1.82, 2.24) is 0 Å². The van der Waals surface area contributed by atoms with Crippen LogP contribution in [0.2, 0.25) is 0 Å². The zero-order chi connectivity index (χ0) is 10.7. The van der Waals surface area contributed by atoms with Crippen molar-refractivity contribution in [3.63, 3.8) is 0 Å². The minimum Gasteiger partial charge on any atom is -0.398 e. The molecular weight excluding hydrogens is 194 g/mol. The van der Waals surface area contributed by atoms with Crippen LogP contribution in [0.1, 0.15) is 11.7 Å². The van der Waals surface area contributed by atoms with Gasteiger partial charge in [-0.1, -0.05) is 18.2 Å². The van der Waals surface area contributed by atoms with Gasteiger partial charge in [-0.05, 0) is 6.07 Å². The van der Waals surface area contributed by atoms with Gasteiger partial charge in [0.05, 0.1) is 19.8 Å². The van der Waals surface area contributed by atoms with E-state index in [0.29, 0.717) is 18.9 Å². The number of nitrogen functional groups attached to an aromatic ring is 1. The maximum absolute atomic E-state index is 9.82. The van der Waals surface area contributed by atoms with E-state index in [2.05, 4.69) is 0 Å². The smallest absolute Gasteiger partial charge is 0.104 e. The molecule has 1 heterocycles. The number of para-hydroxylation sites is 1. The van der Waals surface area contributed by atoms with Gasteiger partial charge in [-0.15, -0.1) is 0 Å². The van der Waals surface area contributed by atoms with Crippen LogP contribution in [0.4, 0.5) is 5.69 Å². The van der Waals surface area contributed by atoms with Crippen LogP contribution in [0.15, 0.2) is 24.3 Å². The summed E-state index contributed by atoms with van der Waals surface area (Å²) in [6.07, 6.45) is -0.531. The molecule has 1 fully saturated rings. The molecule has 1 aliphatic rings. The summed E-state index contributed by atoms with van der Waals surface area (Å²) in [5.41, 5.74) is 7.05. The number of aliphatic hydroxyl groups is 1. The Bertz CT molecular complexity index is 325. The predicted octanol–water partition coefficient (Wildman–Crippen LogP) is 0.718. The molecule has 1 unspecified atom stereocenters. The lowest BCUT2D eigenvalue weighted by Crippen LogP contribution is -2.37. The van der Waals surface area contributed by atoms with Crippen LogP contribution in [0.5, 0.6) is 0 Å². The summed E-state index contributed by atoms with van der Waals surface area (Å²) in [5.74, 6) is 0. The van der Waals surface area contributed by atoms with Crippen molar-refractivity contribution >= 4 is 5.69 Å². The third-order valence-electron chi connectivity index (χ3n) is 2.45. The number of anilines is 1. The Morgan fingerprint density at radius 1 is 1.47 bits per heavy atom. The van der Waals surface area contributed by atoms with E-state index in [1.807, 2.05) is 12.1 Å². The number of benzene rings is 1. The Morgan fingerprint density at radius 2 is 2.20 bits per heavy atom. The second-order valence-electron chi connectivity index (χ2n) is 3.64. The molecule has 0 spiro atoms. The van der Waals surface area contributed by atoms with E-state index in [1.54, 1.807) is 12.1 Å². The fourth-order valence-corrected chi connectivity index (χ4v) is 1.44. The van der Waals surface area contributed by atoms with Gasteiger partial charge in [0.2, 0.25) is 0 Å². The molecule has 1 aromatic carbocycles. The molecule has 0 bridgehead atoms. The summed E-state index contributed by atoms with van der Waals surface area (Å²) >= 11 is 0. The molecule has 1 atom stereocenters. The monoisotopic (exact) mass is 209 g/mol. The van der Waals surface area contributed by atoms with Crippen molar-refractivity contribution in [2.45, 2.75) is 12.2 Å². The van der Waals surface area contributed by atoms with Gasteiger partial charge in [-0.2, -0.15) is 0 Å². The summed E-state index contributed by atoms with van der Waals surface area (Å²) in [4.78, 5) is 0. The zero-order valence-electron chi connectivity index (χ0n) is 8.43. The highest BCUT2D eigenvalue weighted by Gasteiger charge is 2.21. The number of hydrogen-bond donors (Lipinski definition) is 2. The molecule has 1 aromatic rings. The number of rotatable bonds is 4. The molecule has 1 aliphatic heterocycles. The van der Waals surface area contributed by atoms with E-state index in [0.717, 1.165) is 5.56 Å². The molecule has 0 saturated carbocycles. The lowest BCUT2D eigenvalue weighted by molar-refractivity contribution is -0.143. The van der Waals surface area contributed by atoms with E-state index in [4.69, 9.17) is 15.2 Å². The quantitative estimate of drug-likeness (QED) is 0.717. The molecule has 0 radical (unpaired) electrons. The van der Waals surface area contributed by atoms with Crippen LogP contribution in [0.3, 0.4) is 0 Å². The molecule has 4 nitrogen and oxygen atoms in total. The summed E-state index contributed by atoms with van der Waals surface area (Å²) in [6, 6.07) is 7.26. The Balaban J connectivity index is 1.89. The number of aliphatic hydroxyl groups excluding tert-OH is 1. The normalized spacial score (nSPS) is 18.5. The van der Waals surface area contributed by atoms with E-state index < -0.39 is 6.10 Å². The Hall–Kier alpha value is -1.10. The first kappa shape index (κ1) is 10.4. The topological polar surface area (TPSA) is 64.7 Å². The highest BCUT2D eigenvalue weighted by Crippen LogP contribution is 2.21. The van der Waals surface area contributed by atoms with Crippen molar-refractivity contribution in [2.75, 3.05) is 25.6 Å². The zero-order valence-corrected chi connectivity index (χ0v) is 8.43. The van der Waals surface area contributed by atoms with Gasteiger partial charge in [0, 0.05) is 11.3 Å². The third-order valence-corrected chi connectivity index (χ3v) is 2.45. The fourth-order valence-electron chi connectivity index (χ4n) is 1.44. The first-order valence-electron chi connectivity index (χ1n) is 4.99. The van der Waals surface area contributed by atoms with Gasteiger partial charge < -0.3 is 20.3 Å². The summed E-state index contributed by atoms with van der Waals surface area (Å²) in [6.45, 7) is 1.51. The Morgan fingerprint density at radius 3 is 2.80 bits per heavy atom. The van der Waals surface area contributed by atoms with Crippen LogP contribution < -0.4 is 5.73 Å². The van der Waals surface area contributed by atoms with Gasteiger partial charge in [-0.25, -0.2) is 0 Å². The van der Waals surface area contributed by atoms with Crippen molar-refractivity contribution < 1.29 is 14.6 Å². The summed E-state index contributed by atoms with van der Waals surface area (Å²) in [5, 5.41) is 9.82. The molecular formula is C11H15NO3. The van der Waals surface area contributed by atoms with E-state index in [1.165, 1.54) is 0 Å². The van der Waals surface area contributed by atoms with Crippen LogP contribution in [-0.4, -0.2) is 31.0 Å². The van der Waals surface area contributed by atoms with E-state index >= 15 is 0 Å². The molecule has 15 heavy (non-hydrogen) atoms. The number of ether oxygens (including phenoxy) is 2. The van der Waals surface area contributed by atoms with Gasteiger partial charge in [-0.3, -0.25) is 0 Å². The van der Waals surface area contributed by atoms with Crippen molar-refractivity contribution in [2.24, 2.45) is 0 Å². The highest BCUT2D eigenvalue weighted by molar-refractivity contribution is 5.47. The average Bonchev–Trinajstić information content (AvgIpc) is 2.16. The second-order valence-corrected chi connectivity index (χ2v) is 3.64. The maximum atomic E-state index is 9.82. The molecule has 2 rings (SSSR count). The third kappa shape index (κ3) is 2.47. The van der Waals surface area contributed by atoms with Crippen LogP contribution in [0.25, 0.3) is 0 Å². The predicted molar refractivity (Wildman–Crippen MR) is 56.4 cm³/mol. The molecule has 1 saturated heterocycles. The molecule has 82 valence electrons. The average molecular weight is 209 g/mol. The van der Waals surface area contributed by atoms with Crippen molar-refractivity contribution in [1.29, 1.82) is 0 Å². The molecule has 3 N–H and O–H groups in total. The van der Waals surface area contributed by atoms with Crippen LogP contribution in [-0.2, 0) is 9.47 Å². The minimum atomic E-state index is -0.660. The van der Waals surface area contributed by atoms with Crippen LogP contribution in [0, 0.1) is 0 Å². The molecule has 0 aromatic heterocycles.